The second kappa shape index (κ2) is 11.4. The van der Waals surface area contributed by atoms with Gasteiger partial charge in [0.15, 0.2) is 0 Å². The zero-order chi connectivity index (χ0) is 25.7. The Morgan fingerprint density at radius 2 is 1.75 bits per heavy atom. The number of rotatable bonds is 9. The molecule has 2 N–H and O–H groups in total. The van der Waals surface area contributed by atoms with Crippen LogP contribution in [-0.2, 0) is 17.8 Å². The lowest BCUT2D eigenvalue weighted by molar-refractivity contribution is -0.122. The summed E-state index contributed by atoms with van der Waals surface area (Å²) in [5.74, 6) is -0.960. The summed E-state index contributed by atoms with van der Waals surface area (Å²) in [7, 11) is 0. The molecular weight excluding hydrogens is 454 g/mol. The molecule has 3 aromatic rings. The Balaban J connectivity index is 1.31. The number of hydrogen-bond acceptors (Lipinski definition) is 5. The number of hydrogen-bond donors (Lipinski definition) is 2. The number of carbonyl (C=O) groups excluding carboxylic acids is 1. The summed E-state index contributed by atoms with van der Waals surface area (Å²) in [4.78, 5) is 28.4. The van der Waals surface area contributed by atoms with Crippen molar-refractivity contribution in [2.45, 2.75) is 40.2 Å². The second-order valence-corrected chi connectivity index (χ2v) is 9.40. The van der Waals surface area contributed by atoms with Crippen LogP contribution >= 0.6 is 0 Å². The van der Waals surface area contributed by atoms with Crippen molar-refractivity contribution >= 4 is 17.6 Å². The van der Waals surface area contributed by atoms with Gasteiger partial charge >= 0.3 is 5.97 Å². The number of aromatic carboxylic acids is 1. The first-order valence-corrected chi connectivity index (χ1v) is 12.6. The molecule has 1 amide bonds. The van der Waals surface area contributed by atoms with Gasteiger partial charge in [-0.1, -0.05) is 25.5 Å². The molecule has 8 heteroatoms. The molecule has 2 aromatic carbocycles. The van der Waals surface area contributed by atoms with E-state index in [-0.39, 0.29) is 11.5 Å². The van der Waals surface area contributed by atoms with Crippen LogP contribution in [0.25, 0.3) is 5.69 Å². The van der Waals surface area contributed by atoms with Crippen LogP contribution in [0.2, 0.25) is 0 Å². The predicted octanol–water partition coefficient (Wildman–Crippen LogP) is 3.58. The summed E-state index contributed by atoms with van der Waals surface area (Å²) in [6.07, 6.45) is 1.80. The maximum Gasteiger partial charge on any atom is 0.335 e. The molecule has 190 valence electrons. The normalized spacial score (nSPS) is 14.1. The lowest BCUT2D eigenvalue weighted by Gasteiger charge is -2.36. The lowest BCUT2D eigenvalue weighted by atomic mass is 10.1. The fraction of sp³-hybridized carbons (Fsp3) is 0.393. The molecule has 36 heavy (non-hydrogen) atoms. The van der Waals surface area contributed by atoms with E-state index in [1.165, 1.54) is 16.8 Å². The molecule has 0 bridgehead atoms. The van der Waals surface area contributed by atoms with Gasteiger partial charge in [0, 0.05) is 37.6 Å². The molecule has 1 aromatic heterocycles. The van der Waals surface area contributed by atoms with E-state index in [0.717, 1.165) is 56.1 Å². The van der Waals surface area contributed by atoms with Crippen molar-refractivity contribution in [2.24, 2.45) is 0 Å². The largest absolute Gasteiger partial charge is 0.478 e. The molecule has 1 aliphatic heterocycles. The van der Waals surface area contributed by atoms with Crippen LogP contribution in [0.15, 0.2) is 48.5 Å². The number of carbonyl (C=O) groups is 2. The second-order valence-electron chi connectivity index (χ2n) is 9.40. The summed E-state index contributed by atoms with van der Waals surface area (Å²) in [6, 6.07) is 15.1. The first-order valence-electron chi connectivity index (χ1n) is 12.6. The van der Waals surface area contributed by atoms with Crippen LogP contribution in [-0.4, -0.2) is 64.4 Å². The fourth-order valence-electron chi connectivity index (χ4n) is 4.64. The number of nitrogens with one attached hydrogen (secondary N) is 1. The van der Waals surface area contributed by atoms with Crippen molar-refractivity contribution in [3.63, 3.8) is 0 Å². The molecule has 0 aliphatic carbocycles. The van der Waals surface area contributed by atoms with E-state index in [0.29, 0.717) is 13.1 Å². The number of carboxylic acid groups (broad SMARTS) is 1. The number of nitrogens with zero attached hydrogens (tertiary/aromatic N) is 4. The summed E-state index contributed by atoms with van der Waals surface area (Å²) in [5, 5.41) is 16.8. The first kappa shape index (κ1) is 25.4. The van der Waals surface area contributed by atoms with Crippen molar-refractivity contribution in [2.75, 3.05) is 37.6 Å². The van der Waals surface area contributed by atoms with Gasteiger partial charge in [0.25, 0.3) is 0 Å². The zero-order valence-corrected chi connectivity index (χ0v) is 21.3. The van der Waals surface area contributed by atoms with Gasteiger partial charge < -0.3 is 15.3 Å². The number of aromatic nitrogens is 2. The molecule has 0 atom stereocenters. The van der Waals surface area contributed by atoms with Crippen LogP contribution < -0.4 is 10.2 Å². The third kappa shape index (κ3) is 5.94. The molecule has 1 saturated heterocycles. The third-order valence-electron chi connectivity index (χ3n) is 6.82. The van der Waals surface area contributed by atoms with Crippen molar-refractivity contribution in [1.82, 2.24) is 20.0 Å². The Morgan fingerprint density at radius 1 is 1.03 bits per heavy atom. The van der Waals surface area contributed by atoms with E-state index in [1.54, 1.807) is 24.3 Å². The molecule has 4 rings (SSSR count). The lowest BCUT2D eigenvalue weighted by Crippen LogP contribution is -2.49. The van der Waals surface area contributed by atoms with Crippen molar-refractivity contribution in [1.29, 1.82) is 0 Å². The number of aryl methyl sites for hydroxylation is 2. The van der Waals surface area contributed by atoms with Gasteiger partial charge in [-0.05, 0) is 67.8 Å². The molecule has 0 unspecified atom stereocenters. The average molecular weight is 490 g/mol. The molecule has 0 spiro atoms. The third-order valence-corrected chi connectivity index (χ3v) is 6.82. The molecule has 1 fully saturated rings. The van der Waals surface area contributed by atoms with Gasteiger partial charge in [0.05, 0.1) is 30.0 Å². The van der Waals surface area contributed by atoms with Crippen LogP contribution in [0.4, 0.5) is 5.69 Å². The Kier molecular flexibility index (Phi) is 8.05. The minimum Gasteiger partial charge on any atom is -0.478 e. The quantitative estimate of drug-likeness (QED) is 0.478. The van der Waals surface area contributed by atoms with Gasteiger partial charge in [0.2, 0.25) is 5.91 Å². The molecule has 2 heterocycles. The number of anilines is 1. The van der Waals surface area contributed by atoms with E-state index in [2.05, 4.69) is 59.2 Å². The van der Waals surface area contributed by atoms with E-state index in [1.807, 2.05) is 10.7 Å². The Labute approximate surface area is 212 Å². The van der Waals surface area contributed by atoms with E-state index in [9.17, 15) is 9.59 Å². The standard InChI is InChI=1S/C28H35N5O3/c1-4-6-25-17-23(30-33(25)24-11-9-22(10-12-24)28(35)36)18-29-27(34)19-31-13-15-32(16-14-31)26-8-5-7-20(2)21(26)3/h5,7-12,17H,4,6,13-16,18-19H2,1-3H3,(H,29,34)(H,35,36). The van der Waals surface area contributed by atoms with Crippen LogP contribution in [0.3, 0.4) is 0 Å². The predicted molar refractivity (Wildman–Crippen MR) is 141 cm³/mol. The Hall–Kier alpha value is -3.65. The monoisotopic (exact) mass is 489 g/mol. The molecule has 1 aliphatic rings. The van der Waals surface area contributed by atoms with Gasteiger partial charge in [0.1, 0.15) is 0 Å². The number of carboxylic acids is 1. The maximum atomic E-state index is 12.7. The number of amides is 1. The van der Waals surface area contributed by atoms with Gasteiger partial charge in [-0.25, -0.2) is 9.48 Å². The van der Waals surface area contributed by atoms with E-state index < -0.39 is 5.97 Å². The molecule has 0 radical (unpaired) electrons. The number of benzene rings is 2. The van der Waals surface area contributed by atoms with Crippen molar-refractivity contribution in [3.05, 3.63) is 76.6 Å². The minimum absolute atomic E-state index is 0.00686. The van der Waals surface area contributed by atoms with Crippen LogP contribution in [0.5, 0.6) is 0 Å². The molecular formula is C28H35N5O3. The van der Waals surface area contributed by atoms with E-state index >= 15 is 0 Å². The maximum absolute atomic E-state index is 12.7. The van der Waals surface area contributed by atoms with Crippen LogP contribution in [0.1, 0.15) is 46.2 Å². The molecule has 0 saturated carbocycles. The highest BCUT2D eigenvalue weighted by Gasteiger charge is 2.20. The number of piperazine rings is 1. The zero-order valence-electron chi connectivity index (χ0n) is 21.3. The minimum atomic E-state index is -0.953. The highest BCUT2D eigenvalue weighted by molar-refractivity contribution is 5.87. The summed E-state index contributed by atoms with van der Waals surface area (Å²) in [5.41, 5.74) is 6.78. The SMILES string of the molecule is CCCc1cc(CNC(=O)CN2CCN(c3cccc(C)c3C)CC2)nn1-c1ccc(C(=O)O)cc1. The Morgan fingerprint density at radius 3 is 2.42 bits per heavy atom. The smallest absolute Gasteiger partial charge is 0.335 e. The van der Waals surface area contributed by atoms with Crippen molar-refractivity contribution < 1.29 is 14.7 Å². The summed E-state index contributed by atoms with van der Waals surface area (Å²) >= 11 is 0. The Bertz CT molecular complexity index is 1210. The van der Waals surface area contributed by atoms with Crippen molar-refractivity contribution in [3.8, 4) is 5.69 Å². The van der Waals surface area contributed by atoms with E-state index in [4.69, 9.17) is 5.11 Å². The fourth-order valence-corrected chi connectivity index (χ4v) is 4.64. The highest BCUT2D eigenvalue weighted by atomic mass is 16.4. The summed E-state index contributed by atoms with van der Waals surface area (Å²) in [6.45, 7) is 10.7. The first-order chi connectivity index (χ1) is 17.4. The van der Waals surface area contributed by atoms with Gasteiger partial charge in [-0.15, -0.1) is 0 Å². The van der Waals surface area contributed by atoms with Gasteiger partial charge in [-0.2, -0.15) is 5.10 Å². The topological polar surface area (TPSA) is 90.7 Å². The molecule has 8 nitrogen and oxygen atoms in total. The average Bonchev–Trinajstić information content (AvgIpc) is 3.28. The van der Waals surface area contributed by atoms with Gasteiger partial charge in [-0.3, -0.25) is 9.69 Å². The van der Waals surface area contributed by atoms with Crippen LogP contribution in [0, 0.1) is 13.8 Å². The highest BCUT2D eigenvalue weighted by Crippen LogP contribution is 2.24. The summed E-state index contributed by atoms with van der Waals surface area (Å²) < 4.78 is 1.84.